The van der Waals surface area contributed by atoms with Crippen molar-refractivity contribution < 1.29 is 9.53 Å². The molecular formula is C25H24Cl2N2O2. The maximum Gasteiger partial charge on any atom is 0.227 e. The van der Waals surface area contributed by atoms with Gasteiger partial charge in [-0.3, -0.25) is 9.69 Å². The van der Waals surface area contributed by atoms with Gasteiger partial charge in [-0.05, 0) is 74.0 Å². The van der Waals surface area contributed by atoms with Crippen LogP contribution in [0.25, 0.3) is 0 Å². The molecule has 1 saturated heterocycles. The Morgan fingerprint density at radius 2 is 1.61 bits per heavy atom. The zero-order valence-electron chi connectivity index (χ0n) is 17.1. The van der Waals surface area contributed by atoms with Gasteiger partial charge in [-0.2, -0.15) is 0 Å². The van der Waals surface area contributed by atoms with Gasteiger partial charge >= 0.3 is 0 Å². The van der Waals surface area contributed by atoms with E-state index in [4.69, 9.17) is 27.9 Å². The first kappa shape index (κ1) is 21.7. The second kappa shape index (κ2) is 10.2. The molecule has 1 amide bonds. The van der Waals surface area contributed by atoms with Crippen LogP contribution in [0.4, 0.5) is 5.69 Å². The van der Waals surface area contributed by atoms with Gasteiger partial charge in [0, 0.05) is 22.5 Å². The van der Waals surface area contributed by atoms with Crippen LogP contribution in [0.5, 0.6) is 11.5 Å². The van der Waals surface area contributed by atoms with Gasteiger partial charge in [0.15, 0.2) is 5.75 Å². The summed E-state index contributed by atoms with van der Waals surface area (Å²) in [5.41, 5.74) is 1.82. The van der Waals surface area contributed by atoms with Gasteiger partial charge in [-0.15, -0.1) is 0 Å². The zero-order chi connectivity index (χ0) is 21.6. The first-order valence-corrected chi connectivity index (χ1v) is 11.1. The number of para-hydroxylation sites is 1. The summed E-state index contributed by atoms with van der Waals surface area (Å²) in [4.78, 5) is 15.3. The van der Waals surface area contributed by atoms with Crippen LogP contribution in [0.15, 0.2) is 72.8 Å². The van der Waals surface area contributed by atoms with Crippen LogP contribution < -0.4 is 10.1 Å². The minimum absolute atomic E-state index is 0.00585. The van der Waals surface area contributed by atoms with E-state index in [1.807, 2.05) is 42.5 Å². The number of halogens is 2. The number of rotatable bonds is 6. The minimum Gasteiger partial charge on any atom is -0.455 e. The Morgan fingerprint density at radius 1 is 0.935 bits per heavy atom. The highest BCUT2D eigenvalue weighted by molar-refractivity contribution is 6.31. The summed E-state index contributed by atoms with van der Waals surface area (Å²) in [6, 6.07) is 22.7. The molecule has 3 aromatic rings. The quantitative estimate of drug-likeness (QED) is 0.453. The van der Waals surface area contributed by atoms with Crippen LogP contribution in [0.3, 0.4) is 0 Å². The molecule has 31 heavy (non-hydrogen) atoms. The third-order valence-electron chi connectivity index (χ3n) is 5.45. The van der Waals surface area contributed by atoms with E-state index in [-0.39, 0.29) is 11.8 Å². The third-order valence-corrected chi connectivity index (χ3v) is 5.94. The smallest absolute Gasteiger partial charge is 0.227 e. The van der Waals surface area contributed by atoms with Crippen LogP contribution in [-0.4, -0.2) is 23.9 Å². The lowest BCUT2D eigenvalue weighted by Crippen LogP contribution is -2.37. The van der Waals surface area contributed by atoms with E-state index >= 15 is 0 Å². The number of likely N-dealkylation sites (tertiary alicyclic amines) is 1. The molecule has 0 aliphatic carbocycles. The number of carbonyl (C=O) groups is 1. The Morgan fingerprint density at radius 3 is 2.32 bits per heavy atom. The van der Waals surface area contributed by atoms with Crippen molar-refractivity contribution in [3.8, 4) is 11.5 Å². The number of nitrogens with zero attached hydrogens (tertiary/aromatic N) is 1. The zero-order valence-corrected chi connectivity index (χ0v) is 18.6. The van der Waals surface area contributed by atoms with E-state index < -0.39 is 0 Å². The van der Waals surface area contributed by atoms with Gasteiger partial charge in [0.25, 0.3) is 0 Å². The number of ether oxygens (including phenoxy) is 1. The maximum absolute atomic E-state index is 12.9. The molecule has 3 aromatic carbocycles. The van der Waals surface area contributed by atoms with Crippen molar-refractivity contribution in [3.05, 3.63) is 88.4 Å². The summed E-state index contributed by atoms with van der Waals surface area (Å²) in [6.45, 7) is 2.63. The van der Waals surface area contributed by atoms with E-state index in [1.165, 1.54) is 5.56 Å². The molecule has 0 atom stereocenters. The molecule has 0 bridgehead atoms. The predicted molar refractivity (Wildman–Crippen MR) is 126 cm³/mol. The van der Waals surface area contributed by atoms with E-state index in [1.54, 1.807) is 18.2 Å². The van der Waals surface area contributed by atoms with E-state index in [9.17, 15) is 4.79 Å². The monoisotopic (exact) mass is 454 g/mol. The molecule has 0 radical (unpaired) electrons. The summed E-state index contributed by atoms with van der Waals surface area (Å²) < 4.78 is 5.95. The highest BCUT2D eigenvalue weighted by atomic mass is 35.5. The summed E-state index contributed by atoms with van der Waals surface area (Å²) in [7, 11) is 0. The highest BCUT2D eigenvalue weighted by Crippen LogP contribution is 2.33. The molecule has 6 heteroatoms. The molecule has 0 aromatic heterocycles. The summed E-state index contributed by atoms with van der Waals surface area (Å²) >= 11 is 12.1. The van der Waals surface area contributed by atoms with Crippen LogP contribution in [0.2, 0.25) is 10.0 Å². The normalized spacial score (nSPS) is 14.9. The van der Waals surface area contributed by atoms with Crippen molar-refractivity contribution in [2.45, 2.75) is 19.4 Å². The number of hydrogen-bond donors (Lipinski definition) is 1. The topological polar surface area (TPSA) is 41.6 Å². The highest BCUT2D eigenvalue weighted by Gasteiger charge is 2.25. The van der Waals surface area contributed by atoms with Gasteiger partial charge in [0.05, 0.1) is 5.69 Å². The van der Waals surface area contributed by atoms with Crippen molar-refractivity contribution in [1.29, 1.82) is 0 Å². The number of anilines is 1. The SMILES string of the molecule is O=C(Nc1cc(Cl)ccc1Oc1ccccc1)C1CCN(Cc2ccc(Cl)cc2)CC1. The molecule has 4 nitrogen and oxygen atoms in total. The Balaban J connectivity index is 1.35. The molecule has 1 aliphatic heterocycles. The van der Waals surface area contributed by atoms with Gasteiger partial charge in [0.2, 0.25) is 5.91 Å². The lowest BCUT2D eigenvalue weighted by Gasteiger charge is -2.31. The second-order valence-corrected chi connectivity index (χ2v) is 8.59. The van der Waals surface area contributed by atoms with Gasteiger partial charge < -0.3 is 10.1 Å². The standard InChI is InChI=1S/C25H24Cl2N2O2/c26-20-8-6-18(7-9-20)17-29-14-12-19(13-15-29)25(30)28-23-16-21(27)10-11-24(23)31-22-4-2-1-3-5-22/h1-11,16,19H,12-15,17H2,(H,28,30). The van der Waals surface area contributed by atoms with Crippen LogP contribution in [0, 0.1) is 5.92 Å². The van der Waals surface area contributed by atoms with Crippen molar-refractivity contribution in [1.82, 2.24) is 4.90 Å². The molecule has 1 fully saturated rings. The molecule has 0 unspecified atom stereocenters. The van der Waals surface area contributed by atoms with Crippen LogP contribution >= 0.6 is 23.2 Å². The van der Waals surface area contributed by atoms with Crippen molar-refractivity contribution >= 4 is 34.8 Å². The fourth-order valence-electron chi connectivity index (χ4n) is 3.74. The van der Waals surface area contributed by atoms with Gasteiger partial charge in [0.1, 0.15) is 5.75 Å². The lowest BCUT2D eigenvalue weighted by atomic mass is 9.95. The molecule has 0 spiro atoms. The summed E-state index contributed by atoms with van der Waals surface area (Å²) in [6.07, 6.45) is 1.63. The Hall–Kier alpha value is -2.53. The van der Waals surface area contributed by atoms with E-state index in [0.29, 0.717) is 22.2 Å². The van der Waals surface area contributed by atoms with Crippen molar-refractivity contribution in [2.75, 3.05) is 18.4 Å². The summed E-state index contributed by atoms with van der Waals surface area (Å²) in [5, 5.41) is 4.33. The number of amides is 1. The maximum atomic E-state index is 12.9. The number of hydrogen-bond acceptors (Lipinski definition) is 3. The average molecular weight is 455 g/mol. The Kier molecular flexibility index (Phi) is 7.13. The molecule has 1 N–H and O–H groups in total. The molecule has 1 heterocycles. The summed E-state index contributed by atoms with van der Waals surface area (Å²) in [5.74, 6) is 1.25. The van der Waals surface area contributed by atoms with Crippen LogP contribution in [0.1, 0.15) is 18.4 Å². The molecule has 0 saturated carbocycles. The molecular weight excluding hydrogens is 431 g/mol. The number of carbonyl (C=O) groups excluding carboxylic acids is 1. The first-order chi connectivity index (χ1) is 15.1. The minimum atomic E-state index is -0.0370. The number of nitrogens with one attached hydrogen (secondary N) is 1. The third kappa shape index (κ3) is 6.01. The number of piperidine rings is 1. The van der Waals surface area contributed by atoms with Crippen LogP contribution in [-0.2, 0) is 11.3 Å². The predicted octanol–water partition coefficient (Wildman–Crippen LogP) is 6.64. The lowest BCUT2D eigenvalue weighted by molar-refractivity contribution is -0.121. The van der Waals surface area contributed by atoms with Crippen molar-refractivity contribution in [2.24, 2.45) is 5.92 Å². The molecule has 1 aliphatic rings. The van der Waals surface area contributed by atoms with Gasteiger partial charge in [-0.1, -0.05) is 53.5 Å². The van der Waals surface area contributed by atoms with E-state index in [2.05, 4.69) is 22.3 Å². The average Bonchev–Trinajstić information content (AvgIpc) is 2.78. The first-order valence-electron chi connectivity index (χ1n) is 10.4. The molecule has 160 valence electrons. The van der Waals surface area contributed by atoms with Gasteiger partial charge in [-0.25, -0.2) is 0 Å². The fraction of sp³-hybridized carbons (Fsp3) is 0.240. The fourth-order valence-corrected chi connectivity index (χ4v) is 4.04. The Bertz CT molecular complexity index is 1020. The Labute approximate surface area is 192 Å². The number of benzene rings is 3. The second-order valence-electron chi connectivity index (χ2n) is 7.72. The molecule has 4 rings (SSSR count). The van der Waals surface area contributed by atoms with E-state index in [0.717, 1.165) is 37.5 Å². The van der Waals surface area contributed by atoms with Crippen molar-refractivity contribution in [3.63, 3.8) is 0 Å². The largest absolute Gasteiger partial charge is 0.455 e.